The van der Waals surface area contributed by atoms with Crippen molar-refractivity contribution in [1.29, 1.82) is 0 Å². The maximum Gasteiger partial charge on any atom is 0.315 e. The molecule has 0 saturated heterocycles. The van der Waals surface area contributed by atoms with Crippen LogP contribution < -0.4 is 10.6 Å². The van der Waals surface area contributed by atoms with Gasteiger partial charge in [-0.25, -0.2) is 14.8 Å². The van der Waals surface area contributed by atoms with Gasteiger partial charge in [-0.15, -0.1) is 0 Å². The highest BCUT2D eigenvalue weighted by atomic mass is 16.2. The molecule has 2 amide bonds. The van der Waals surface area contributed by atoms with Crippen molar-refractivity contribution in [1.82, 2.24) is 35.4 Å². The Hall–Kier alpha value is -2.90. The highest BCUT2D eigenvalue weighted by Crippen LogP contribution is 2.16. The number of benzene rings is 1. The van der Waals surface area contributed by atoms with Crippen molar-refractivity contribution in [3.63, 3.8) is 0 Å². The molecule has 0 aliphatic carbocycles. The van der Waals surface area contributed by atoms with Crippen LogP contribution in [0.3, 0.4) is 0 Å². The lowest BCUT2D eigenvalue weighted by Gasteiger charge is -2.12. The predicted octanol–water partition coefficient (Wildman–Crippen LogP) is 1.56. The Morgan fingerprint density at radius 2 is 2.26 bits per heavy atom. The van der Waals surface area contributed by atoms with Crippen LogP contribution in [0.5, 0.6) is 0 Å². The number of nitrogens with one attached hydrogen (secondary N) is 3. The van der Waals surface area contributed by atoms with E-state index in [1.165, 1.54) is 6.33 Å². The molecule has 1 aromatic carbocycles. The van der Waals surface area contributed by atoms with E-state index >= 15 is 0 Å². The Morgan fingerprint density at radius 1 is 1.43 bits per heavy atom. The first-order valence-electron chi connectivity index (χ1n) is 7.36. The van der Waals surface area contributed by atoms with Gasteiger partial charge in [-0.2, -0.15) is 5.10 Å². The summed E-state index contributed by atoms with van der Waals surface area (Å²) in [5, 5.41) is 12.1. The molecule has 3 rings (SSSR count). The Bertz CT molecular complexity index is 822. The molecular formula is C15H19N7O. The fraction of sp³-hybridized carbons (Fsp3) is 0.333. The van der Waals surface area contributed by atoms with Gasteiger partial charge >= 0.3 is 6.03 Å². The number of rotatable bonds is 4. The van der Waals surface area contributed by atoms with E-state index < -0.39 is 0 Å². The van der Waals surface area contributed by atoms with E-state index in [9.17, 15) is 4.79 Å². The standard InChI is InChI=1S/C15H19N7O/c1-9-4-5-12-11(6-9)20-13(22(12)3)7-16-15(23)19-10(2)14-17-8-18-21-14/h4-6,8,10H,7H2,1-3H3,(H2,16,19,23)(H,17,18,21). The van der Waals surface area contributed by atoms with Crippen LogP contribution in [0.4, 0.5) is 4.79 Å². The molecule has 2 aromatic heterocycles. The van der Waals surface area contributed by atoms with E-state index in [-0.39, 0.29) is 12.1 Å². The number of fused-ring (bicyclic) bond motifs is 1. The van der Waals surface area contributed by atoms with Crippen LogP contribution >= 0.6 is 0 Å². The molecule has 120 valence electrons. The van der Waals surface area contributed by atoms with E-state index in [1.807, 2.05) is 43.7 Å². The van der Waals surface area contributed by atoms with Gasteiger partial charge in [0.25, 0.3) is 0 Å². The third-order valence-electron chi connectivity index (χ3n) is 3.73. The van der Waals surface area contributed by atoms with Crippen LogP contribution in [0.2, 0.25) is 0 Å². The Morgan fingerprint density at radius 3 is 3.00 bits per heavy atom. The lowest BCUT2D eigenvalue weighted by atomic mass is 10.2. The van der Waals surface area contributed by atoms with E-state index in [4.69, 9.17) is 0 Å². The minimum absolute atomic E-state index is 0.249. The summed E-state index contributed by atoms with van der Waals surface area (Å²) in [6, 6.07) is 5.59. The summed E-state index contributed by atoms with van der Waals surface area (Å²) >= 11 is 0. The Kier molecular flexibility index (Phi) is 3.96. The van der Waals surface area contributed by atoms with Gasteiger partial charge in [-0.05, 0) is 31.5 Å². The SMILES string of the molecule is Cc1ccc2c(c1)nc(CNC(=O)NC(C)c1ncn[nH]1)n2C. The molecule has 0 bridgehead atoms. The number of hydrogen-bond acceptors (Lipinski definition) is 4. The van der Waals surface area contributed by atoms with Crippen molar-refractivity contribution in [3.8, 4) is 0 Å². The third kappa shape index (κ3) is 3.15. The second-order valence-corrected chi connectivity index (χ2v) is 5.50. The normalized spacial score (nSPS) is 12.3. The molecular weight excluding hydrogens is 294 g/mol. The van der Waals surface area contributed by atoms with Gasteiger partial charge in [-0.3, -0.25) is 5.10 Å². The summed E-state index contributed by atoms with van der Waals surface area (Å²) in [7, 11) is 1.94. The summed E-state index contributed by atoms with van der Waals surface area (Å²) in [4.78, 5) is 20.6. The monoisotopic (exact) mass is 313 g/mol. The number of carbonyl (C=O) groups excluding carboxylic acids is 1. The minimum atomic E-state index is -0.280. The van der Waals surface area contributed by atoms with Crippen molar-refractivity contribution in [2.75, 3.05) is 0 Å². The molecule has 0 aliphatic heterocycles. The van der Waals surface area contributed by atoms with Crippen LogP contribution in [-0.4, -0.2) is 30.8 Å². The molecule has 0 aliphatic rings. The number of aromatic nitrogens is 5. The van der Waals surface area contributed by atoms with E-state index in [0.29, 0.717) is 12.4 Å². The number of amides is 2. The van der Waals surface area contributed by atoms with E-state index in [2.05, 4.69) is 30.8 Å². The molecule has 0 radical (unpaired) electrons. The zero-order chi connectivity index (χ0) is 16.4. The number of carbonyl (C=O) groups is 1. The van der Waals surface area contributed by atoms with Gasteiger partial charge < -0.3 is 15.2 Å². The van der Waals surface area contributed by atoms with Crippen molar-refractivity contribution in [3.05, 3.63) is 41.7 Å². The fourth-order valence-corrected chi connectivity index (χ4v) is 2.42. The van der Waals surface area contributed by atoms with Crippen LogP contribution in [0.25, 0.3) is 11.0 Å². The minimum Gasteiger partial charge on any atom is -0.331 e. The largest absolute Gasteiger partial charge is 0.331 e. The quantitative estimate of drug-likeness (QED) is 0.680. The molecule has 0 spiro atoms. The summed E-state index contributed by atoms with van der Waals surface area (Å²) in [6.45, 7) is 4.21. The number of urea groups is 1. The maximum absolute atomic E-state index is 12.0. The number of imidazole rings is 1. The van der Waals surface area contributed by atoms with Crippen LogP contribution in [-0.2, 0) is 13.6 Å². The molecule has 8 heteroatoms. The lowest BCUT2D eigenvalue weighted by molar-refractivity contribution is 0.236. The fourth-order valence-electron chi connectivity index (χ4n) is 2.42. The third-order valence-corrected chi connectivity index (χ3v) is 3.73. The van der Waals surface area contributed by atoms with Crippen molar-refractivity contribution >= 4 is 17.1 Å². The number of hydrogen-bond donors (Lipinski definition) is 3. The van der Waals surface area contributed by atoms with Gasteiger partial charge in [0, 0.05) is 7.05 Å². The molecule has 8 nitrogen and oxygen atoms in total. The first-order chi connectivity index (χ1) is 11.0. The smallest absolute Gasteiger partial charge is 0.315 e. The van der Waals surface area contributed by atoms with Crippen molar-refractivity contribution in [2.24, 2.45) is 7.05 Å². The zero-order valence-corrected chi connectivity index (χ0v) is 13.3. The summed E-state index contributed by atoms with van der Waals surface area (Å²) in [6.07, 6.45) is 1.41. The highest BCUT2D eigenvalue weighted by Gasteiger charge is 2.13. The van der Waals surface area contributed by atoms with Crippen LogP contribution in [0, 0.1) is 6.92 Å². The van der Waals surface area contributed by atoms with Crippen LogP contribution in [0.15, 0.2) is 24.5 Å². The Balaban J connectivity index is 1.64. The van der Waals surface area contributed by atoms with Crippen molar-refractivity contribution < 1.29 is 4.79 Å². The van der Waals surface area contributed by atoms with Gasteiger partial charge in [0.15, 0.2) is 0 Å². The topological polar surface area (TPSA) is 101 Å². The molecule has 3 aromatic rings. The van der Waals surface area contributed by atoms with Gasteiger partial charge in [0.1, 0.15) is 18.0 Å². The molecule has 3 N–H and O–H groups in total. The molecule has 2 heterocycles. The molecule has 1 unspecified atom stereocenters. The zero-order valence-electron chi connectivity index (χ0n) is 13.3. The van der Waals surface area contributed by atoms with E-state index in [0.717, 1.165) is 22.4 Å². The predicted molar refractivity (Wildman–Crippen MR) is 85.6 cm³/mol. The molecule has 23 heavy (non-hydrogen) atoms. The highest BCUT2D eigenvalue weighted by molar-refractivity contribution is 5.77. The summed E-state index contributed by atoms with van der Waals surface area (Å²) in [5.74, 6) is 1.41. The number of aryl methyl sites for hydroxylation is 2. The average molecular weight is 313 g/mol. The second-order valence-electron chi connectivity index (χ2n) is 5.50. The summed E-state index contributed by atoms with van der Waals surface area (Å²) in [5.41, 5.74) is 3.14. The van der Waals surface area contributed by atoms with Gasteiger partial charge in [-0.1, -0.05) is 6.07 Å². The van der Waals surface area contributed by atoms with Gasteiger partial charge in [0.05, 0.1) is 23.6 Å². The van der Waals surface area contributed by atoms with Crippen molar-refractivity contribution in [2.45, 2.75) is 26.4 Å². The first kappa shape index (κ1) is 15.0. The average Bonchev–Trinajstić information content (AvgIpc) is 3.14. The molecule has 1 atom stereocenters. The number of H-pyrrole nitrogens is 1. The molecule has 0 fully saturated rings. The van der Waals surface area contributed by atoms with Gasteiger partial charge in [0.2, 0.25) is 0 Å². The lowest BCUT2D eigenvalue weighted by Crippen LogP contribution is -2.37. The first-order valence-corrected chi connectivity index (χ1v) is 7.36. The van der Waals surface area contributed by atoms with Crippen LogP contribution in [0.1, 0.15) is 30.2 Å². The number of aromatic amines is 1. The summed E-state index contributed by atoms with van der Waals surface area (Å²) < 4.78 is 1.98. The molecule has 0 saturated carbocycles. The van der Waals surface area contributed by atoms with E-state index in [1.54, 1.807) is 0 Å². The second kappa shape index (κ2) is 6.07. The number of nitrogens with zero attached hydrogens (tertiary/aromatic N) is 4. The Labute approximate surface area is 133 Å². The maximum atomic E-state index is 12.0.